The molecule has 1 heterocycles. The highest BCUT2D eigenvalue weighted by molar-refractivity contribution is 5.74. The largest absolute Gasteiger partial charge is 0.330 e. The molecule has 0 atom stereocenters. The SMILES string of the molecule is NCCCCNCCc1ccc2[nH]c(=O)[nH]c2c1. The predicted molar refractivity (Wildman–Crippen MR) is 73.8 cm³/mol. The summed E-state index contributed by atoms with van der Waals surface area (Å²) in [6.45, 7) is 2.73. The van der Waals surface area contributed by atoms with Crippen molar-refractivity contribution in [3.05, 3.63) is 34.2 Å². The average Bonchev–Trinajstić information content (AvgIpc) is 2.73. The maximum absolute atomic E-state index is 11.1. The summed E-state index contributed by atoms with van der Waals surface area (Å²) in [6, 6.07) is 6.01. The molecule has 1 aromatic carbocycles. The van der Waals surface area contributed by atoms with Crippen LogP contribution in [-0.2, 0) is 6.42 Å². The second-order valence-corrected chi connectivity index (χ2v) is 4.45. The first-order chi connectivity index (χ1) is 8.79. The number of aromatic amines is 2. The van der Waals surface area contributed by atoms with Crippen LogP contribution in [0.5, 0.6) is 0 Å². The van der Waals surface area contributed by atoms with E-state index in [9.17, 15) is 4.79 Å². The quantitative estimate of drug-likeness (QED) is 0.545. The molecule has 0 fully saturated rings. The highest BCUT2D eigenvalue weighted by atomic mass is 16.1. The predicted octanol–water partition coefficient (Wildman–Crippen LogP) is 0.727. The second kappa shape index (κ2) is 6.37. The van der Waals surface area contributed by atoms with Crippen LogP contribution >= 0.6 is 0 Å². The van der Waals surface area contributed by atoms with E-state index in [1.165, 1.54) is 5.56 Å². The topological polar surface area (TPSA) is 86.7 Å². The molecule has 5 heteroatoms. The zero-order valence-corrected chi connectivity index (χ0v) is 10.5. The van der Waals surface area contributed by atoms with Crippen molar-refractivity contribution in [1.29, 1.82) is 0 Å². The van der Waals surface area contributed by atoms with Crippen LogP contribution in [0.3, 0.4) is 0 Å². The van der Waals surface area contributed by atoms with E-state index in [4.69, 9.17) is 5.73 Å². The maximum atomic E-state index is 11.1. The van der Waals surface area contributed by atoms with Gasteiger partial charge in [0.15, 0.2) is 0 Å². The van der Waals surface area contributed by atoms with E-state index in [-0.39, 0.29) is 5.69 Å². The first-order valence-electron chi connectivity index (χ1n) is 6.41. The number of hydrogen-bond donors (Lipinski definition) is 4. The first kappa shape index (κ1) is 12.9. The van der Waals surface area contributed by atoms with Gasteiger partial charge in [-0.05, 0) is 56.6 Å². The molecule has 0 spiro atoms. The van der Waals surface area contributed by atoms with E-state index in [1.807, 2.05) is 18.2 Å². The molecular formula is C13H20N4O. The molecule has 0 radical (unpaired) electrons. The van der Waals surface area contributed by atoms with Gasteiger partial charge >= 0.3 is 5.69 Å². The van der Waals surface area contributed by atoms with E-state index in [1.54, 1.807) is 0 Å². The van der Waals surface area contributed by atoms with Crippen molar-refractivity contribution in [2.24, 2.45) is 5.73 Å². The molecule has 0 aliphatic carbocycles. The summed E-state index contributed by atoms with van der Waals surface area (Å²) in [5.74, 6) is 0. The van der Waals surface area contributed by atoms with Crippen LogP contribution in [0.4, 0.5) is 0 Å². The number of imidazole rings is 1. The van der Waals surface area contributed by atoms with Crippen LogP contribution in [-0.4, -0.2) is 29.6 Å². The summed E-state index contributed by atoms with van der Waals surface area (Å²) in [5, 5.41) is 3.39. The third kappa shape index (κ3) is 3.45. The number of unbranched alkanes of at least 4 members (excludes halogenated alkanes) is 1. The van der Waals surface area contributed by atoms with Gasteiger partial charge in [0.25, 0.3) is 0 Å². The molecule has 0 amide bonds. The minimum absolute atomic E-state index is 0.151. The van der Waals surface area contributed by atoms with Gasteiger partial charge in [-0.3, -0.25) is 0 Å². The van der Waals surface area contributed by atoms with Gasteiger partial charge in [0, 0.05) is 0 Å². The Morgan fingerprint density at radius 1 is 1.11 bits per heavy atom. The van der Waals surface area contributed by atoms with E-state index >= 15 is 0 Å². The Morgan fingerprint density at radius 3 is 2.78 bits per heavy atom. The van der Waals surface area contributed by atoms with Gasteiger partial charge < -0.3 is 21.0 Å². The van der Waals surface area contributed by atoms with Crippen molar-refractivity contribution < 1.29 is 0 Å². The van der Waals surface area contributed by atoms with Gasteiger partial charge in [-0.15, -0.1) is 0 Å². The molecule has 1 aromatic heterocycles. The second-order valence-electron chi connectivity index (χ2n) is 4.45. The monoisotopic (exact) mass is 248 g/mol. The normalized spacial score (nSPS) is 11.2. The van der Waals surface area contributed by atoms with Crippen molar-refractivity contribution in [3.63, 3.8) is 0 Å². The van der Waals surface area contributed by atoms with Crippen LogP contribution in [0, 0.1) is 0 Å². The van der Waals surface area contributed by atoms with E-state index in [0.29, 0.717) is 0 Å². The van der Waals surface area contributed by atoms with Gasteiger partial charge in [0.05, 0.1) is 11.0 Å². The zero-order valence-electron chi connectivity index (χ0n) is 10.5. The van der Waals surface area contributed by atoms with Crippen molar-refractivity contribution in [2.45, 2.75) is 19.3 Å². The molecule has 0 bridgehead atoms. The number of benzene rings is 1. The van der Waals surface area contributed by atoms with E-state index < -0.39 is 0 Å². The van der Waals surface area contributed by atoms with Gasteiger partial charge in [-0.1, -0.05) is 6.07 Å². The molecule has 5 nitrogen and oxygen atoms in total. The van der Waals surface area contributed by atoms with Gasteiger partial charge in [0.2, 0.25) is 0 Å². The highest BCUT2D eigenvalue weighted by Gasteiger charge is 1.99. The lowest BCUT2D eigenvalue weighted by Gasteiger charge is -2.04. The first-order valence-corrected chi connectivity index (χ1v) is 6.41. The molecule has 2 aromatic rings. The third-order valence-corrected chi connectivity index (χ3v) is 2.98. The van der Waals surface area contributed by atoms with Crippen molar-refractivity contribution in [2.75, 3.05) is 19.6 Å². The Labute approximate surface area is 106 Å². The summed E-state index contributed by atoms with van der Waals surface area (Å²) >= 11 is 0. The molecule has 18 heavy (non-hydrogen) atoms. The Morgan fingerprint density at radius 2 is 1.94 bits per heavy atom. The third-order valence-electron chi connectivity index (χ3n) is 2.98. The average molecular weight is 248 g/mol. The minimum Gasteiger partial charge on any atom is -0.330 e. The number of nitrogens with one attached hydrogen (secondary N) is 3. The van der Waals surface area contributed by atoms with Crippen molar-refractivity contribution in [1.82, 2.24) is 15.3 Å². The molecule has 5 N–H and O–H groups in total. The standard InChI is InChI=1S/C13H20N4O/c14-6-1-2-7-15-8-5-10-3-4-11-12(9-10)17-13(18)16-11/h3-4,9,15H,1-2,5-8,14H2,(H2,16,17,18). The lowest BCUT2D eigenvalue weighted by Crippen LogP contribution is -2.19. The fourth-order valence-electron chi connectivity index (χ4n) is 1.99. The molecule has 0 aliphatic heterocycles. The van der Waals surface area contributed by atoms with E-state index in [0.717, 1.165) is 49.9 Å². The fourth-order valence-corrected chi connectivity index (χ4v) is 1.99. The van der Waals surface area contributed by atoms with E-state index in [2.05, 4.69) is 15.3 Å². The zero-order chi connectivity index (χ0) is 12.8. The van der Waals surface area contributed by atoms with Crippen LogP contribution in [0.25, 0.3) is 11.0 Å². The number of hydrogen-bond acceptors (Lipinski definition) is 3. The van der Waals surface area contributed by atoms with Crippen LogP contribution in [0.1, 0.15) is 18.4 Å². The Kier molecular flexibility index (Phi) is 4.55. The molecule has 2 rings (SSSR count). The summed E-state index contributed by atoms with van der Waals surface area (Å²) < 4.78 is 0. The Hall–Kier alpha value is -1.59. The molecule has 0 unspecified atom stereocenters. The molecule has 0 saturated carbocycles. The van der Waals surface area contributed by atoms with Gasteiger partial charge in [-0.2, -0.15) is 0 Å². The summed E-state index contributed by atoms with van der Waals surface area (Å²) in [7, 11) is 0. The number of nitrogens with two attached hydrogens (primary N) is 1. The van der Waals surface area contributed by atoms with Gasteiger partial charge in [0.1, 0.15) is 0 Å². The lowest BCUT2D eigenvalue weighted by atomic mass is 10.1. The molecule has 0 aliphatic rings. The summed E-state index contributed by atoms with van der Waals surface area (Å²) in [4.78, 5) is 16.6. The summed E-state index contributed by atoms with van der Waals surface area (Å²) in [5.41, 5.74) is 8.24. The highest BCUT2D eigenvalue weighted by Crippen LogP contribution is 2.10. The molecule has 98 valence electrons. The number of fused-ring (bicyclic) bond motifs is 1. The fraction of sp³-hybridized carbons (Fsp3) is 0.462. The van der Waals surface area contributed by atoms with Crippen LogP contribution in [0.15, 0.2) is 23.0 Å². The number of H-pyrrole nitrogens is 2. The lowest BCUT2D eigenvalue weighted by molar-refractivity contribution is 0.627. The maximum Gasteiger partial charge on any atom is 0.323 e. The minimum atomic E-state index is -0.151. The number of aromatic nitrogens is 2. The van der Waals surface area contributed by atoms with Crippen molar-refractivity contribution in [3.8, 4) is 0 Å². The van der Waals surface area contributed by atoms with Crippen LogP contribution < -0.4 is 16.7 Å². The molecule has 0 saturated heterocycles. The van der Waals surface area contributed by atoms with Gasteiger partial charge in [-0.25, -0.2) is 4.79 Å². The molecular weight excluding hydrogens is 228 g/mol. The van der Waals surface area contributed by atoms with Crippen LogP contribution in [0.2, 0.25) is 0 Å². The number of rotatable bonds is 7. The smallest absolute Gasteiger partial charge is 0.323 e. The Bertz CT molecular complexity index is 543. The Balaban J connectivity index is 1.82. The van der Waals surface area contributed by atoms with Crippen molar-refractivity contribution >= 4 is 11.0 Å². The summed E-state index contributed by atoms with van der Waals surface area (Å²) in [6.07, 6.45) is 3.16.